The third-order valence-corrected chi connectivity index (χ3v) is 2.45. The molecule has 2 aromatic rings. The number of rotatable bonds is 3. The van der Waals surface area contributed by atoms with Crippen molar-refractivity contribution in [1.82, 2.24) is 15.0 Å². The number of carbonyl (C=O) groups excluding carboxylic acids is 1. The Morgan fingerprint density at radius 3 is 2.67 bits per heavy atom. The summed E-state index contributed by atoms with van der Waals surface area (Å²) in [6.07, 6.45) is 4.49. The second-order valence-corrected chi connectivity index (χ2v) is 3.73. The van der Waals surface area contributed by atoms with Crippen LogP contribution in [0.25, 0.3) is 0 Å². The van der Waals surface area contributed by atoms with Gasteiger partial charge in [0, 0.05) is 25.6 Å². The second kappa shape index (κ2) is 5.42. The van der Waals surface area contributed by atoms with Crippen molar-refractivity contribution < 1.29 is 4.79 Å². The lowest BCUT2D eigenvalue weighted by molar-refractivity contribution is 0.102. The van der Waals surface area contributed by atoms with Gasteiger partial charge in [-0.05, 0) is 12.1 Å². The monoisotopic (exact) mass is 263 g/mol. The highest BCUT2D eigenvalue weighted by Crippen LogP contribution is 2.18. The Balaban J connectivity index is 2.23. The molecule has 7 heteroatoms. The number of anilines is 2. The summed E-state index contributed by atoms with van der Waals surface area (Å²) in [5, 5.41) is 5.65. The molecule has 0 aliphatic rings. The van der Waals surface area contributed by atoms with Gasteiger partial charge in [-0.25, -0.2) is 15.0 Å². The van der Waals surface area contributed by atoms with E-state index in [1.165, 1.54) is 18.6 Å². The average Bonchev–Trinajstić information content (AvgIpc) is 2.40. The molecular weight excluding hydrogens is 254 g/mol. The van der Waals surface area contributed by atoms with E-state index in [0.717, 1.165) is 0 Å². The summed E-state index contributed by atoms with van der Waals surface area (Å²) in [7, 11) is 1.71. The minimum Gasteiger partial charge on any atom is -0.373 e. The van der Waals surface area contributed by atoms with Gasteiger partial charge in [0.15, 0.2) is 0 Å². The Bertz CT molecular complexity index is 561. The maximum atomic E-state index is 12.0. The van der Waals surface area contributed by atoms with E-state index in [-0.39, 0.29) is 16.9 Å². The molecule has 18 heavy (non-hydrogen) atoms. The SMILES string of the molecule is CNc1cc(C(=O)Nc2ncccn2)c(Cl)cn1. The van der Waals surface area contributed by atoms with E-state index in [1.54, 1.807) is 19.2 Å². The van der Waals surface area contributed by atoms with E-state index in [9.17, 15) is 4.79 Å². The number of hydrogen-bond donors (Lipinski definition) is 2. The van der Waals surface area contributed by atoms with Gasteiger partial charge in [0.2, 0.25) is 5.95 Å². The Morgan fingerprint density at radius 2 is 2.00 bits per heavy atom. The van der Waals surface area contributed by atoms with Gasteiger partial charge in [0.1, 0.15) is 5.82 Å². The van der Waals surface area contributed by atoms with Crippen LogP contribution in [0, 0.1) is 0 Å². The lowest BCUT2D eigenvalue weighted by atomic mass is 10.2. The van der Waals surface area contributed by atoms with Gasteiger partial charge >= 0.3 is 0 Å². The first-order valence-electron chi connectivity index (χ1n) is 5.12. The number of nitrogens with one attached hydrogen (secondary N) is 2. The van der Waals surface area contributed by atoms with E-state index in [2.05, 4.69) is 25.6 Å². The number of amides is 1. The predicted octanol–water partition coefficient (Wildman–Crippen LogP) is 1.82. The molecule has 0 atom stereocenters. The molecule has 2 aromatic heterocycles. The maximum absolute atomic E-state index is 12.0. The van der Waals surface area contributed by atoms with Crippen molar-refractivity contribution in [2.75, 3.05) is 17.7 Å². The van der Waals surface area contributed by atoms with Crippen LogP contribution in [0.3, 0.4) is 0 Å². The van der Waals surface area contributed by atoms with Crippen LogP contribution < -0.4 is 10.6 Å². The van der Waals surface area contributed by atoms with E-state index < -0.39 is 0 Å². The number of aromatic nitrogens is 3. The standard InChI is InChI=1S/C11H10ClN5O/c1-13-9-5-7(8(12)6-16-9)10(18)17-11-14-3-2-4-15-11/h2-6H,1H3,(H,13,16)(H,14,15,17,18). The zero-order valence-corrected chi connectivity index (χ0v) is 10.3. The summed E-state index contributed by atoms with van der Waals surface area (Å²) < 4.78 is 0. The molecule has 92 valence electrons. The first kappa shape index (κ1) is 12.3. The minimum absolute atomic E-state index is 0.224. The first-order chi connectivity index (χ1) is 8.70. The molecule has 6 nitrogen and oxygen atoms in total. The lowest BCUT2D eigenvalue weighted by Crippen LogP contribution is -2.15. The van der Waals surface area contributed by atoms with Crippen molar-refractivity contribution in [1.29, 1.82) is 0 Å². The van der Waals surface area contributed by atoms with E-state index >= 15 is 0 Å². The Kier molecular flexibility index (Phi) is 3.69. The van der Waals surface area contributed by atoms with Gasteiger partial charge in [-0.1, -0.05) is 11.6 Å². The largest absolute Gasteiger partial charge is 0.373 e. The highest BCUT2D eigenvalue weighted by atomic mass is 35.5. The van der Waals surface area contributed by atoms with Crippen molar-refractivity contribution in [2.45, 2.75) is 0 Å². The average molecular weight is 264 g/mol. The second-order valence-electron chi connectivity index (χ2n) is 3.33. The van der Waals surface area contributed by atoms with E-state index in [4.69, 9.17) is 11.6 Å². The fourth-order valence-corrected chi connectivity index (χ4v) is 1.47. The summed E-state index contributed by atoms with van der Waals surface area (Å²) in [6.45, 7) is 0. The third kappa shape index (κ3) is 2.72. The molecule has 0 fully saturated rings. The number of hydrogen-bond acceptors (Lipinski definition) is 5. The molecule has 0 saturated heterocycles. The Hall–Kier alpha value is -2.21. The number of pyridine rings is 1. The highest BCUT2D eigenvalue weighted by Gasteiger charge is 2.12. The van der Waals surface area contributed by atoms with Gasteiger partial charge in [-0.2, -0.15) is 0 Å². The van der Waals surface area contributed by atoms with Crippen LogP contribution in [0.15, 0.2) is 30.7 Å². The molecule has 2 N–H and O–H groups in total. The predicted molar refractivity (Wildman–Crippen MR) is 68.8 cm³/mol. The summed E-state index contributed by atoms with van der Waals surface area (Å²) in [5.41, 5.74) is 0.309. The van der Waals surface area contributed by atoms with Crippen LogP contribution in [-0.2, 0) is 0 Å². The molecule has 0 aromatic carbocycles. The summed E-state index contributed by atoms with van der Waals surface area (Å²) >= 11 is 5.92. The van der Waals surface area contributed by atoms with Gasteiger partial charge in [0.05, 0.1) is 10.6 Å². The summed E-state index contributed by atoms with van der Waals surface area (Å²) in [6, 6.07) is 3.22. The van der Waals surface area contributed by atoms with Gasteiger partial charge < -0.3 is 5.32 Å². The van der Waals surface area contributed by atoms with Crippen LogP contribution in [0.1, 0.15) is 10.4 Å². The van der Waals surface area contributed by atoms with Gasteiger partial charge in [0.25, 0.3) is 5.91 Å². The molecule has 0 bridgehead atoms. The molecule has 1 amide bonds. The van der Waals surface area contributed by atoms with Crippen LogP contribution >= 0.6 is 11.6 Å². The molecule has 0 aliphatic heterocycles. The maximum Gasteiger partial charge on any atom is 0.259 e. The van der Waals surface area contributed by atoms with Crippen molar-refractivity contribution in [2.24, 2.45) is 0 Å². The molecule has 0 aliphatic carbocycles. The normalized spacial score (nSPS) is 9.89. The topological polar surface area (TPSA) is 79.8 Å². The first-order valence-corrected chi connectivity index (χ1v) is 5.50. The number of carbonyl (C=O) groups is 1. The van der Waals surface area contributed by atoms with Gasteiger partial charge in [-0.15, -0.1) is 0 Å². The van der Waals surface area contributed by atoms with Crippen molar-refractivity contribution >= 4 is 29.3 Å². The summed E-state index contributed by atoms with van der Waals surface area (Å²) in [4.78, 5) is 23.8. The molecule has 0 unspecified atom stereocenters. The lowest BCUT2D eigenvalue weighted by Gasteiger charge is -2.06. The molecule has 0 radical (unpaired) electrons. The van der Waals surface area contributed by atoms with Crippen LogP contribution in [0.4, 0.5) is 11.8 Å². The van der Waals surface area contributed by atoms with Crippen molar-refractivity contribution in [3.05, 3.63) is 41.3 Å². The molecular formula is C11H10ClN5O. The Labute approximate surface area is 108 Å². The van der Waals surface area contributed by atoms with Crippen molar-refractivity contribution in [3.8, 4) is 0 Å². The summed E-state index contributed by atoms with van der Waals surface area (Å²) in [5.74, 6) is 0.394. The van der Waals surface area contributed by atoms with E-state index in [1.807, 2.05) is 0 Å². The third-order valence-electron chi connectivity index (χ3n) is 2.15. The van der Waals surface area contributed by atoms with Crippen LogP contribution in [0.5, 0.6) is 0 Å². The minimum atomic E-state index is -0.384. The molecule has 0 saturated carbocycles. The molecule has 2 heterocycles. The Morgan fingerprint density at radius 1 is 1.28 bits per heavy atom. The van der Waals surface area contributed by atoms with Gasteiger partial charge in [-0.3, -0.25) is 10.1 Å². The zero-order chi connectivity index (χ0) is 13.0. The number of halogens is 1. The number of nitrogens with zero attached hydrogens (tertiary/aromatic N) is 3. The highest BCUT2D eigenvalue weighted by molar-refractivity contribution is 6.34. The fourth-order valence-electron chi connectivity index (χ4n) is 1.28. The smallest absolute Gasteiger partial charge is 0.259 e. The van der Waals surface area contributed by atoms with Crippen molar-refractivity contribution in [3.63, 3.8) is 0 Å². The van der Waals surface area contributed by atoms with E-state index in [0.29, 0.717) is 11.4 Å². The fraction of sp³-hybridized carbons (Fsp3) is 0.0909. The molecule has 0 spiro atoms. The molecule has 2 rings (SSSR count). The zero-order valence-electron chi connectivity index (χ0n) is 9.51. The quantitative estimate of drug-likeness (QED) is 0.883. The van der Waals surface area contributed by atoms with Crippen LogP contribution in [-0.4, -0.2) is 27.9 Å². The van der Waals surface area contributed by atoms with Crippen LogP contribution in [0.2, 0.25) is 5.02 Å².